The molecule has 0 saturated heterocycles. The van der Waals surface area contributed by atoms with E-state index in [2.05, 4.69) is 16.7 Å². The van der Waals surface area contributed by atoms with Crippen molar-refractivity contribution in [3.05, 3.63) is 180 Å². The summed E-state index contributed by atoms with van der Waals surface area (Å²) < 4.78 is 2.07. The first-order valence-corrected chi connectivity index (χ1v) is 17.1. The Morgan fingerprint density at radius 1 is 0.566 bits per heavy atom. The van der Waals surface area contributed by atoms with E-state index in [1.807, 2.05) is 140 Å². The highest BCUT2D eigenvalue weighted by Gasteiger charge is 2.27. The number of nitrogens with zero attached hydrogens (tertiary/aromatic N) is 4. The minimum Gasteiger partial charge on any atom is -0.307 e. The Labute approximate surface area is 306 Å². The normalized spacial score (nSPS) is 10.8. The van der Waals surface area contributed by atoms with E-state index >= 15 is 0 Å². The molecular formula is C47H30N4O2. The highest BCUT2D eigenvalue weighted by Crippen LogP contribution is 2.44. The molecule has 0 aliphatic carbocycles. The molecule has 0 aliphatic rings. The maximum Gasteiger partial charge on any atom is 0.267 e. The SMILES string of the molecule is Cc1cccc(-n2c3c(-c4ccccc4C#N)cccc3c3cccc(-c4ccccc4C#N)c32)c1C(=O)N(C=O)c1ccc(-c2ccccc2)cc1. The van der Waals surface area contributed by atoms with Crippen LogP contribution in [0.15, 0.2) is 158 Å². The molecule has 0 N–H and O–H groups in total. The van der Waals surface area contributed by atoms with E-state index in [0.29, 0.717) is 40.0 Å². The lowest BCUT2D eigenvalue weighted by molar-refractivity contribution is -0.106. The van der Waals surface area contributed by atoms with E-state index in [0.717, 1.165) is 60.1 Å². The van der Waals surface area contributed by atoms with Crippen molar-refractivity contribution in [2.24, 2.45) is 0 Å². The average molecular weight is 683 g/mol. The Morgan fingerprint density at radius 3 is 1.60 bits per heavy atom. The molecule has 7 aromatic carbocycles. The van der Waals surface area contributed by atoms with Gasteiger partial charge in [-0.25, -0.2) is 4.90 Å². The van der Waals surface area contributed by atoms with Gasteiger partial charge in [0.25, 0.3) is 5.91 Å². The second kappa shape index (κ2) is 13.6. The van der Waals surface area contributed by atoms with Crippen LogP contribution in [-0.4, -0.2) is 16.9 Å². The fourth-order valence-electron chi connectivity index (χ4n) is 7.33. The molecule has 6 heteroatoms. The lowest BCUT2D eigenvalue weighted by Crippen LogP contribution is -2.31. The van der Waals surface area contributed by atoms with Gasteiger partial charge >= 0.3 is 0 Å². The third kappa shape index (κ3) is 5.52. The van der Waals surface area contributed by atoms with E-state index in [1.54, 1.807) is 24.3 Å². The van der Waals surface area contributed by atoms with E-state index in [9.17, 15) is 20.1 Å². The quantitative estimate of drug-likeness (QED) is 0.156. The van der Waals surface area contributed by atoms with Gasteiger partial charge in [-0.2, -0.15) is 10.5 Å². The van der Waals surface area contributed by atoms with Gasteiger partial charge in [-0.05, 0) is 53.9 Å². The van der Waals surface area contributed by atoms with E-state index < -0.39 is 5.91 Å². The number of anilines is 1. The molecule has 0 atom stereocenters. The van der Waals surface area contributed by atoms with Crippen LogP contribution in [0.25, 0.3) is 60.9 Å². The molecule has 2 amide bonds. The number of hydrogen-bond donors (Lipinski definition) is 0. The Kier molecular flexibility index (Phi) is 8.40. The van der Waals surface area contributed by atoms with Crippen molar-refractivity contribution in [3.8, 4) is 51.2 Å². The minimum atomic E-state index is -0.486. The monoisotopic (exact) mass is 682 g/mol. The van der Waals surface area contributed by atoms with Gasteiger partial charge in [0.15, 0.2) is 0 Å². The highest BCUT2D eigenvalue weighted by molar-refractivity contribution is 6.21. The van der Waals surface area contributed by atoms with Gasteiger partial charge in [0.2, 0.25) is 6.41 Å². The van der Waals surface area contributed by atoms with Crippen LogP contribution < -0.4 is 4.90 Å². The number of imide groups is 1. The molecule has 0 fully saturated rings. The van der Waals surface area contributed by atoms with E-state index in [1.165, 1.54) is 0 Å². The smallest absolute Gasteiger partial charge is 0.267 e. The number of aromatic nitrogens is 1. The summed E-state index contributed by atoms with van der Waals surface area (Å²) >= 11 is 0. The first-order chi connectivity index (χ1) is 26.0. The first-order valence-electron chi connectivity index (χ1n) is 17.1. The maximum atomic E-state index is 14.8. The van der Waals surface area contributed by atoms with Gasteiger partial charge in [0.05, 0.1) is 51.2 Å². The summed E-state index contributed by atoms with van der Waals surface area (Å²) in [5.41, 5.74) is 9.72. The summed E-state index contributed by atoms with van der Waals surface area (Å²) in [6, 6.07) is 54.6. The van der Waals surface area contributed by atoms with Gasteiger partial charge in [-0.3, -0.25) is 9.59 Å². The van der Waals surface area contributed by atoms with Gasteiger partial charge < -0.3 is 4.57 Å². The number of fused-ring (bicyclic) bond motifs is 3. The van der Waals surface area contributed by atoms with Crippen molar-refractivity contribution in [2.75, 3.05) is 4.90 Å². The summed E-state index contributed by atoms with van der Waals surface area (Å²) in [7, 11) is 0. The molecule has 1 aromatic heterocycles. The number of aryl methyl sites for hydroxylation is 1. The Morgan fingerprint density at radius 2 is 1.06 bits per heavy atom. The molecule has 0 unspecified atom stereocenters. The number of rotatable bonds is 7. The van der Waals surface area contributed by atoms with Crippen molar-refractivity contribution in [1.29, 1.82) is 10.5 Å². The molecule has 0 aliphatic heterocycles. The van der Waals surface area contributed by atoms with Crippen LogP contribution in [0.1, 0.15) is 27.0 Å². The molecule has 0 radical (unpaired) electrons. The third-order valence-corrected chi connectivity index (χ3v) is 9.77. The molecule has 1 heterocycles. The van der Waals surface area contributed by atoms with Crippen LogP contribution in [-0.2, 0) is 4.79 Å². The lowest BCUT2D eigenvalue weighted by atomic mass is 9.96. The van der Waals surface area contributed by atoms with Crippen LogP contribution >= 0.6 is 0 Å². The molecule has 6 nitrogen and oxygen atoms in total. The van der Waals surface area contributed by atoms with Gasteiger partial charge in [-0.1, -0.05) is 127 Å². The number of carbonyl (C=O) groups is 2. The van der Waals surface area contributed by atoms with Crippen LogP contribution in [0.3, 0.4) is 0 Å². The fraction of sp³-hybridized carbons (Fsp3) is 0.0213. The van der Waals surface area contributed by atoms with Gasteiger partial charge in [-0.15, -0.1) is 0 Å². The van der Waals surface area contributed by atoms with Gasteiger partial charge in [0, 0.05) is 33.0 Å². The number of amides is 2. The Bertz CT molecular complexity index is 2690. The first kappa shape index (κ1) is 32.7. The number of para-hydroxylation sites is 2. The Balaban J connectivity index is 1.43. The number of nitriles is 2. The minimum absolute atomic E-state index is 0.345. The van der Waals surface area contributed by atoms with E-state index in [-0.39, 0.29) is 0 Å². The lowest BCUT2D eigenvalue weighted by Gasteiger charge is -2.22. The number of benzene rings is 7. The van der Waals surface area contributed by atoms with Crippen molar-refractivity contribution in [2.45, 2.75) is 6.92 Å². The summed E-state index contributed by atoms with van der Waals surface area (Å²) in [6.45, 7) is 1.86. The maximum absolute atomic E-state index is 14.8. The second-order valence-electron chi connectivity index (χ2n) is 12.7. The molecular weight excluding hydrogens is 653 g/mol. The van der Waals surface area contributed by atoms with Gasteiger partial charge in [0.1, 0.15) is 0 Å². The molecule has 250 valence electrons. The molecule has 8 aromatic rings. The Hall–Kier alpha value is -7.54. The largest absolute Gasteiger partial charge is 0.307 e. The highest BCUT2D eigenvalue weighted by atomic mass is 16.2. The van der Waals surface area contributed by atoms with Crippen molar-refractivity contribution < 1.29 is 9.59 Å². The second-order valence-corrected chi connectivity index (χ2v) is 12.7. The molecule has 0 spiro atoms. The standard InChI is InChI=1S/C47H30N4O2/c1-31-12-9-23-43(44(31)47(53)50(30-52)36-26-24-33(25-27-36)32-13-3-2-4-14-32)51-45-39(37-17-7-5-15-34(37)28-48)19-10-21-41(45)42-22-11-20-40(46(42)51)38-18-8-6-16-35(38)29-49/h2-27,30H,1H3. The van der Waals surface area contributed by atoms with Crippen LogP contribution in [0.4, 0.5) is 5.69 Å². The summed E-state index contributed by atoms with van der Waals surface area (Å²) in [5, 5.41) is 22.2. The zero-order chi connectivity index (χ0) is 36.5. The predicted molar refractivity (Wildman–Crippen MR) is 211 cm³/mol. The molecule has 8 rings (SSSR count). The van der Waals surface area contributed by atoms with Crippen LogP contribution in [0, 0.1) is 29.6 Å². The number of hydrogen-bond acceptors (Lipinski definition) is 4. The summed E-state index contributed by atoms with van der Waals surface area (Å²) in [4.78, 5) is 28.9. The summed E-state index contributed by atoms with van der Waals surface area (Å²) in [5.74, 6) is -0.486. The number of carbonyl (C=O) groups excluding carboxylic acids is 2. The van der Waals surface area contributed by atoms with Crippen molar-refractivity contribution in [1.82, 2.24) is 4.57 Å². The van der Waals surface area contributed by atoms with Crippen molar-refractivity contribution in [3.63, 3.8) is 0 Å². The predicted octanol–water partition coefficient (Wildman–Crippen LogP) is 10.6. The summed E-state index contributed by atoms with van der Waals surface area (Å²) in [6.07, 6.45) is 0.561. The van der Waals surface area contributed by atoms with Crippen LogP contribution in [0.2, 0.25) is 0 Å². The van der Waals surface area contributed by atoms with E-state index in [4.69, 9.17) is 0 Å². The zero-order valence-corrected chi connectivity index (χ0v) is 28.7. The topological polar surface area (TPSA) is 89.9 Å². The van der Waals surface area contributed by atoms with Crippen LogP contribution in [0.5, 0.6) is 0 Å². The fourth-order valence-corrected chi connectivity index (χ4v) is 7.33. The zero-order valence-electron chi connectivity index (χ0n) is 28.7. The average Bonchev–Trinajstić information content (AvgIpc) is 3.56. The molecule has 0 bridgehead atoms. The van der Waals surface area contributed by atoms with Crippen molar-refractivity contribution >= 4 is 39.8 Å². The molecule has 53 heavy (non-hydrogen) atoms. The molecule has 0 saturated carbocycles. The third-order valence-electron chi connectivity index (χ3n) is 9.77.